The Hall–Kier alpha value is -0.910. The Bertz CT molecular complexity index is 285. The third-order valence-corrected chi connectivity index (χ3v) is 3.54. The Balaban J connectivity index is 2.58. The Kier molecular flexibility index (Phi) is 4.46. The number of urea groups is 1. The summed E-state index contributed by atoms with van der Waals surface area (Å²) in [5, 5.41) is 11.9. The van der Waals surface area contributed by atoms with Gasteiger partial charge in [-0.25, -0.2) is 9.59 Å². The molecule has 0 saturated carbocycles. The van der Waals surface area contributed by atoms with Gasteiger partial charge in [0, 0.05) is 18.8 Å². The van der Waals surface area contributed by atoms with Gasteiger partial charge in [0.05, 0.1) is 0 Å². The summed E-state index contributed by atoms with van der Waals surface area (Å²) in [6, 6.07) is -0.267. The number of thioether (sulfide) groups is 1. The number of hydrogen-bond donors (Lipinski definition) is 2. The quantitative estimate of drug-likeness (QED) is 0.726. The highest BCUT2D eigenvalue weighted by Gasteiger charge is 2.45. The summed E-state index contributed by atoms with van der Waals surface area (Å²) in [4.78, 5) is 24.4. The summed E-state index contributed by atoms with van der Waals surface area (Å²) in [7, 11) is 0. The molecule has 1 fully saturated rings. The van der Waals surface area contributed by atoms with Crippen molar-refractivity contribution in [3.63, 3.8) is 0 Å². The standard InChI is InChI=1S/C10H18N2O3S/c1-10(8(13)14)4-3-6-12(10)9(15)11-5-7-16-2/h3-7H2,1-2H3,(H,11,15)(H,13,14). The molecule has 0 spiro atoms. The van der Waals surface area contributed by atoms with E-state index >= 15 is 0 Å². The summed E-state index contributed by atoms with van der Waals surface area (Å²) in [6.45, 7) is 2.70. The van der Waals surface area contributed by atoms with E-state index in [2.05, 4.69) is 5.32 Å². The Morgan fingerprint density at radius 1 is 1.56 bits per heavy atom. The first-order chi connectivity index (χ1) is 7.52. The second kappa shape index (κ2) is 5.43. The average Bonchev–Trinajstić information content (AvgIpc) is 2.62. The van der Waals surface area contributed by atoms with Gasteiger partial charge in [0.25, 0.3) is 0 Å². The molecule has 1 unspecified atom stereocenters. The number of nitrogens with zero attached hydrogens (tertiary/aromatic N) is 1. The van der Waals surface area contributed by atoms with Crippen molar-refractivity contribution in [3.05, 3.63) is 0 Å². The van der Waals surface area contributed by atoms with Crippen LogP contribution in [0.2, 0.25) is 0 Å². The maximum Gasteiger partial charge on any atom is 0.329 e. The summed E-state index contributed by atoms with van der Waals surface area (Å²) < 4.78 is 0. The van der Waals surface area contributed by atoms with Gasteiger partial charge in [-0.15, -0.1) is 0 Å². The molecule has 0 aromatic heterocycles. The summed E-state index contributed by atoms with van der Waals surface area (Å²) in [5.74, 6) is -0.0892. The number of hydrogen-bond acceptors (Lipinski definition) is 3. The van der Waals surface area contributed by atoms with Crippen molar-refractivity contribution in [2.45, 2.75) is 25.3 Å². The Morgan fingerprint density at radius 2 is 2.25 bits per heavy atom. The third kappa shape index (κ3) is 2.61. The minimum absolute atomic E-state index is 0.267. The fourth-order valence-corrected chi connectivity index (χ4v) is 2.17. The largest absolute Gasteiger partial charge is 0.480 e. The molecular weight excluding hydrogens is 228 g/mol. The summed E-state index contributed by atoms with van der Waals surface area (Å²) in [5.41, 5.74) is -1.04. The second-order valence-electron chi connectivity index (χ2n) is 4.06. The minimum Gasteiger partial charge on any atom is -0.480 e. The lowest BCUT2D eigenvalue weighted by Crippen LogP contribution is -2.54. The van der Waals surface area contributed by atoms with E-state index < -0.39 is 11.5 Å². The lowest BCUT2D eigenvalue weighted by atomic mass is 10.00. The van der Waals surface area contributed by atoms with E-state index in [4.69, 9.17) is 5.11 Å². The van der Waals surface area contributed by atoms with Gasteiger partial charge in [-0.1, -0.05) is 0 Å². The molecule has 0 aromatic carbocycles. The van der Waals surface area contributed by atoms with E-state index in [1.165, 1.54) is 4.90 Å². The van der Waals surface area contributed by atoms with Crippen molar-refractivity contribution in [2.75, 3.05) is 25.1 Å². The van der Waals surface area contributed by atoms with E-state index in [1.54, 1.807) is 18.7 Å². The number of carbonyl (C=O) groups is 2. The molecule has 0 radical (unpaired) electrons. The van der Waals surface area contributed by atoms with E-state index in [0.29, 0.717) is 19.5 Å². The molecule has 0 aliphatic carbocycles. The Labute approximate surface area is 99.6 Å². The van der Waals surface area contributed by atoms with Gasteiger partial charge in [-0.3, -0.25) is 0 Å². The van der Waals surface area contributed by atoms with Gasteiger partial charge >= 0.3 is 12.0 Å². The monoisotopic (exact) mass is 246 g/mol. The van der Waals surface area contributed by atoms with E-state index in [1.807, 2.05) is 6.26 Å². The first-order valence-electron chi connectivity index (χ1n) is 5.30. The highest BCUT2D eigenvalue weighted by Crippen LogP contribution is 2.28. The fourth-order valence-electron chi connectivity index (χ4n) is 1.87. The summed E-state index contributed by atoms with van der Waals surface area (Å²) in [6.07, 6.45) is 3.24. The zero-order valence-electron chi connectivity index (χ0n) is 9.65. The predicted molar refractivity (Wildman–Crippen MR) is 63.8 cm³/mol. The number of aliphatic carboxylic acids is 1. The number of amides is 2. The van der Waals surface area contributed by atoms with Crippen LogP contribution in [-0.4, -0.2) is 52.6 Å². The lowest BCUT2D eigenvalue weighted by molar-refractivity contribution is -0.147. The van der Waals surface area contributed by atoms with Gasteiger partial charge in [-0.05, 0) is 26.0 Å². The SMILES string of the molecule is CSCCNC(=O)N1CCCC1(C)C(=O)O. The molecule has 1 saturated heterocycles. The van der Waals surface area contributed by atoms with Crippen LogP contribution in [0.5, 0.6) is 0 Å². The van der Waals surface area contributed by atoms with Gasteiger partial charge in [0.2, 0.25) is 0 Å². The van der Waals surface area contributed by atoms with Gasteiger partial charge in [0.15, 0.2) is 0 Å². The number of carbonyl (C=O) groups excluding carboxylic acids is 1. The molecule has 5 nitrogen and oxygen atoms in total. The maximum atomic E-state index is 11.8. The normalized spacial score (nSPS) is 24.5. The van der Waals surface area contributed by atoms with Crippen molar-refractivity contribution in [1.29, 1.82) is 0 Å². The smallest absolute Gasteiger partial charge is 0.329 e. The highest BCUT2D eigenvalue weighted by molar-refractivity contribution is 7.98. The van der Waals surface area contributed by atoms with E-state index in [0.717, 1.165) is 12.2 Å². The second-order valence-corrected chi connectivity index (χ2v) is 5.04. The fraction of sp³-hybridized carbons (Fsp3) is 0.800. The van der Waals surface area contributed by atoms with Crippen LogP contribution in [-0.2, 0) is 4.79 Å². The van der Waals surface area contributed by atoms with Crippen LogP contribution in [0, 0.1) is 0 Å². The molecule has 6 heteroatoms. The first-order valence-corrected chi connectivity index (χ1v) is 6.69. The van der Waals surface area contributed by atoms with E-state index in [-0.39, 0.29) is 6.03 Å². The average molecular weight is 246 g/mol. The van der Waals surface area contributed by atoms with Crippen molar-refractivity contribution in [2.24, 2.45) is 0 Å². The molecule has 1 aliphatic heterocycles. The lowest BCUT2D eigenvalue weighted by Gasteiger charge is -2.31. The third-order valence-electron chi connectivity index (χ3n) is 2.93. The molecule has 1 aliphatic rings. The maximum absolute atomic E-state index is 11.8. The van der Waals surface area contributed by atoms with Crippen LogP contribution < -0.4 is 5.32 Å². The van der Waals surface area contributed by atoms with Crippen molar-refractivity contribution in [3.8, 4) is 0 Å². The predicted octanol–water partition coefficient (Wildman–Crippen LogP) is 0.998. The van der Waals surface area contributed by atoms with Gasteiger partial charge in [0.1, 0.15) is 5.54 Å². The van der Waals surface area contributed by atoms with Gasteiger partial charge in [-0.2, -0.15) is 11.8 Å². The molecule has 16 heavy (non-hydrogen) atoms. The molecule has 0 aromatic rings. The van der Waals surface area contributed by atoms with Crippen molar-refractivity contribution >= 4 is 23.8 Å². The van der Waals surface area contributed by atoms with Crippen LogP contribution in [0.3, 0.4) is 0 Å². The molecule has 2 N–H and O–H groups in total. The minimum atomic E-state index is -1.04. The van der Waals surface area contributed by atoms with E-state index in [9.17, 15) is 9.59 Å². The van der Waals surface area contributed by atoms with Gasteiger partial charge < -0.3 is 15.3 Å². The Morgan fingerprint density at radius 3 is 2.81 bits per heavy atom. The molecule has 1 atom stereocenters. The van der Waals surface area contributed by atoms with Crippen LogP contribution >= 0.6 is 11.8 Å². The molecule has 92 valence electrons. The summed E-state index contributed by atoms with van der Waals surface area (Å²) >= 11 is 1.64. The molecule has 0 bridgehead atoms. The van der Waals surface area contributed by atoms with Crippen LogP contribution in [0.15, 0.2) is 0 Å². The van der Waals surface area contributed by atoms with Crippen molar-refractivity contribution in [1.82, 2.24) is 10.2 Å². The highest BCUT2D eigenvalue weighted by atomic mass is 32.2. The molecule has 1 rings (SSSR count). The van der Waals surface area contributed by atoms with Crippen LogP contribution in [0.4, 0.5) is 4.79 Å². The number of likely N-dealkylation sites (tertiary alicyclic amines) is 1. The number of carboxylic acid groups (broad SMARTS) is 1. The zero-order valence-corrected chi connectivity index (χ0v) is 10.5. The van der Waals surface area contributed by atoms with Crippen LogP contribution in [0.1, 0.15) is 19.8 Å². The number of nitrogens with one attached hydrogen (secondary N) is 1. The van der Waals surface area contributed by atoms with Crippen molar-refractivity contribution < 1.29 is 14.7 Å². The number of carboxylic acids is 1. The zero-order chi connectivity index (χ0) is 12.2. The molecule has 1 heterocycles. The first kappa shape index (κ1) is 13.2. The van der Waals surface area contributed by atoms with Crippen LogP contribution in [0.25, 0.3) is 0 Å². The topological polar surface area (TPSA) is 69.6 Å². The molecule has 2 amide bonds. The number of rotatable bonds is 4. The molecular formula is C10H18N2O3S.